The van der Waals surface area contributed by atoms with E-state index in [4.69, 9.17) is 14.2 Å². The summed E-state index contributed by atoms with van der Waals surface area (Å²) >= 11 is 0. The molecule has 1 saturated heterocycles. The van der Waals surface area contributed by atoms with Crippen LogP contribution in [-0.4, -0.2) is 42.8 Å². The molecule has 1 fully saturated rings. The first-order chi connectivity index (χ1) is 13.6. The molecule has 0 saturated carbocycles. The lowest BCUT2D eigenvalue weighted by Crippen LogP contribution is -2.40. The molecule has 1 N–H and O–H groups in total. The second-order valence-corrected chi connectivity index (χ2v) is 6.10. The van der Waals surface area contributed by atoms with Gasteiger partial charge in [0.1, 0.15) is 18.4 Å². The lowest BCUT2D eigenvalue weighted by Gasteiger charge is -2.19. The lowest BCUT2D eigenvalue weighted by atomic mass is 10.2. The largest absolute Gasteiger partial charge is 0.497 e. The summed E-state index contributed by atoms with van der Waals surface area (Å²) in [4.78, 5) is 37.7. The smallest absolute Gasteiger partial charge is 0.413 e. The highest BCUT2D eigenvalue weighted by Crippen LogP contribution is 2.19. The third kappa shape index (κ3) is 4.79. The minimum absolute atomic E-state index is 0.0646. The zero-order chi connectivity index (χ0) is 19.9. The van der Waals surface area contributed by atoms with Crippen LogP contribution in [-0.2, 0) is 25.7 Å². The molecule has 0 spiro atoms. The first-order valence-electron chi connectivity index (χ1n) is 8.64. The maximum Gasteiger partial charge on any atom is 0.413 e. The standard InChI is InChI=1S/C20H20N2O6/c1-26-16-9-7-15(8-10-16)21-18(23)11-17-19(24)28-13-22(17)20(25)27-12-14-5-3-2-4-6-14/h2-10,17H,11-13H2,1H3,(H,21,23)/t17-/m1/s1. The molecule has 1 aliphatic rings. The van der Waals surface area contributed by atoms with Crippen molar-refractivity contribution in [2.24, 2.45) is 0 Å². The minimum atomic E-state index is -1.03. The Morgan fingerprint density at radius 3 is 2.54 bits per heavy atom. The average Bonchev–Trinajstić information content (AvgIpc) is 3.08. The third-order valence-corrected chi connectivity index (χ3v) is 4.19. The fraction of sp³-hybridized carbons (Fsp3) is 0.250. The summed E-state index contributed by atoms with van der Waals surface area (Å²) in [5.41, 5.74) is 1.37. The fourth-order valence-electron chi connectivity index (χ4n) is 2.68. The van der Waals surface area contributed by atoms with Gasteiger partial charge in [-0.2, -0.15) is 0 Å². The molecule has 1 heterocycles. The number of nitrogens with zero attached hydrogens (tertiary/aromatic N) is 1. The molecule has 1 aliphatic heterocycles. The summed E-state index contributed by atoms with van der Waals surface area (Å²) in [5.74, 6) is -0.402. The van der Waals surface area contributed by atoms with Crippen molar-refractivity contribution >= 4 is 23.7 Å². The SMILES string of the molecule is COc1ccc(NC(=O)C[C@@H]2C(=O)OCN2C(=O)OCc2ccccc2)cc1. The Morgan fingerprint density at radius 1 is 1.14 bits per heavy atom. The Bertz CT molecular complexity index is 838. The summed E-state index contributed by atoms with van der Waals surface area (Å²) in [7, 11) is 1.55. The topological polar surface area (TPSA) is 94.2 Å². The average molecular weight is 384 g/mol. The van der Waals surface area contributed by atoms with Crippen molar-refractivity contribution < 1.29 is 28.6 Å². The van der Waals surface area contributed by atoms with Gasteiger partial charge in [-0.15, -0.1) is 0 Å². The number of hydrogen-bond donors (Lipinski definition) is 1. The third-order valence-electron chi connectivity index (χ3n) is 4.19. The predicted octanol–water partition coefficient (Wildman–Crippen LogP) is 2.55. The maximum absolute atomic E-state index is 12.3. The molecule has 3 rings (SSSR count). The van der Waals surface area contributed by atoms with Crippen LogP contribution in [0.5, 0.6) is 5.75 Å². The van der Waals surface area contributed by atoms with Crippen molar-refractivity contribution in [2.75, 3.05) is 19.2 Å². The summed E-state index contributed by atoms with van der Waals surface area (Å²) in [6, 6.07) is 14.9. The summed E-state index contributed by atoms with van der Waals surface area (Å²) in [5, 5.41) is 2.68. The van der Waals surface area contributed by atoms with Crippen LogP contribution < -0.4 is 10.1 Å². The van der Waals surface area contributed by atoms with E-state index in [2.05, 4.69) is 5.32 Å². The van der Waals surface area contributed by atoms with Gasteiger partial charge in [-0.3, -0.25) is 9.69 Å². The van der Waals surface area contributed by atoms with Crippen LogP contribution in [0.4, 0.5) is 10.5 Å². The Hall–Kier alpha value is -3.55. The molecule has 146 valence electrons. The van der Waals surface area contributed by atoms with E-state index in [0.29, 0.717) is 11.4 Å². The van der Waals surface area contributed by atoms with E-state index in [9.17, 15) is 14.4 Å². The second kappa shape index (κ2) is 8.90. The van der Waals surface area contributed by atoms with Crippen LogP contribution in [0.15, 0.2) is 54.6 Å². The Labute approximate surface area is 162 Å². The van der Waals surface area contributed by atoms with Crippen molar-refractivity contribution in [2.45, 2.75) is 19.1 Å². The monoisotopic (exact) mass is 384 g/mol. The van der Waals surface area contributed by atoms with Crippen molar-refractivity contribution in [3.05, 3.63) is 60.2 Å². The number of ether oxygens (including phenoxy) is 3. The lowest BCUT2D eigenvalue weighted by molar-refractivity contribution is -0.140. The van der Waals surface area contributed by atoms with E-state index in [1.165, 1.54) is 0 Å². The zero-order valence-corrected chi connectivity index (χ0v) is 15.3. The number of hydrogen-bond acceptors (Lipinski definition) is 6. The number of carbonyl (C=O) groups is 3. The van der Waals surface area contributed by atoms with Gasteiger partial charge in [0, 0.05) is 5.69 Å². The molecule has 2 amide bonds. The van der Waals surface area contributed by atoms with Crippen molar-refractivity contribution in [1.82, 2.24) is 4.90 Å². The Kier molecular flexibility index (Phi) is 6.11. The number of esters is 1. The number of cyclic esters (lactones) is 1. The molecule has 0 radical (unpaired) electrons. The minimum Gasteiger partial charge on any atom is -0.497 e. The van der Waals surface area contributed by atoms with E-state index >= 15 is 0 Å². The first-order valence-corrected chi connectivity index (χ1v) is 8.64. The maximum atomic E-state index is 12.3. The zero-order valence-electron chi connectivity index (χ0n) is 15.3. The number of nitrogens with one attached hydrogen (secondary N) is 1. The van der Waals surface area contributed by atoms with Crippen LogP contribution >= 0.6 is 0 Å². The van der Waals surface area contributed by atoms with E-state index in [1.807, 2.05) is 30.3 Å². The van der Waals surface area contributed by atoms with Crippen molar-refractivity contribution in [3.8, 4) is 5.75 Å². The first kappa shape index (κ1) is 19.2. The highest BCUT2D eigenvalue weighted by atomic mass is 16.6. The number of carbonyl (C=O) groups excluding carboxylic acids is 3. The molecule has 28 heavy (non-hydrogen) atoms. The molecule has 0 unspecified atom stereocenters. The van der Waals surface area contributed by atoms with Gasteiger partial charge < -0.3 is 19.5 Å². The molecule has 8 heteroatoms. The van der Waals surface area contributed by atoms with Gasteiger partial charge in [0.05, 0.1) is 13.5 Å². The Balaban J connectivity index is 1.56. The Morgan fingerprint density at radius 2 is 1.86 bits per heavy atom. The van der Waals surface area contributed by atoms with Crippen LogP contribution in [0.2, 0.25) is 0 Å². The van der Waals surface area contributed by atoms with Gasteiger partial charge in [-0.1, -0.05) is 30.3 Å². The molecule has 1 atom stereocenters. The molecular weight excluding hydrogens is 364 g/mol. The number of anilines is 1. The number of amides is 2. The molecule has 8 nitrogen and oxygen atoms in total. The fourth-order valence-corrected chi connectivity index (χ4v) is 2.68. The normalized spacial score (nSPS) is 15.7. The van der Waals surface area contributed by atoms with Crippen molar-refractivity contribution in [1.29, 1.82) is 0 Å². The highest BCUT2D eigenvalue weighted by molar-refractivity contribution is 5.96. The van der Waals surface area contributed by atoms with E-state index in [-0.39, 0.29) is 19.8 Å². The number of methoxy groups -OCH3 is 1. The molecule has 0 aliphatic carbocycles. The molecule has 2 aromatic rings. The summed E-state index contributed by atoms with van der Waals surface area (Å²) in [6.07, 6.45) is -0.942. The quantitative estimate of drug-likeness (QED) is 0.770. The van der Waals surface area contributed by atoms with E-state index in [1.54, 1.807) is 31.4 Å². The predicted molar refractivity (Wildman–Crippen MR) is 99.5 cm³/mol. The number of benzene rings is 2. The van der Waals surface area contributed by atoms with Crippen LogP contribution in [0.25, 0.3) is 0 Å². The van der Waals surface area contributed by atoms with E-state index in [0.717, 1.165) is 10.5 Å². The van der Waals surface area contributed by atoms with Gasteiger partial charge in [0.2, 0.25) is 5.91 Å². The van der Waals surface area contributed by atoms with Crippen LogP contribution in [0.1, 0.15) is 12.0 Å². The molecular formula is C20H20N2O6. The van der Waals surface area contributed by atoms with Gasteiger partial charge in [-0.05, 0) is 29.8 Å². The van der Waals surface area contributed by atoms with Gasteiger partial charge in [0.25, 0.3) is 0 Å². The molecule has 2 aromatic carbocycles. The second-order valence-electron chi connectivity index (χ2n) is 6.10. The van der Waals surface area contributed by atoms with Crippen molar-refractivity contribution in [3.63, 3.8) is 0 Å². The molecule has 0 aromatic heterocycles. The molecule has 0 bridgehead atoms. The highest BCUT2D eigenvalue weighted by Gasteiger charge is 2.40. The van der Waals surface area contributed by atoms with Gasteiger partial charge >= 0.3 is 12.1 Å². The van der Waals surface area contributed by atoms with E-state index < -0.39 is 24.0 Å². The number of rotatable bonds is 6. The van der Waals surface area contributed by atoms with Crippen LogP contribution in [0.3, 0.4) is 0 Å². The summed E-state index contributed by atoms with van der Waals surface area (Å²) < 4.78 is 15.2. The van der Waals surface area contributed by atoms with Gasteiger partial charge in [0.15, 0.2) is 6.73 Å². The van der Waals surface area contributed by atoms with Crippen LogP contribution in [0, 0.1) is 0 Å². The van der Waals surface area contributed by atoms with Gasteiger partial charge in [-0.25, -0.2) is 9.59 Å². The summed E-state index contributed by atoms with van der Waals surface area (Å²) in [6.45, 7) is -0.179.